The van der Waals surface area contributed by atoms with Crippen LogP contribution in [0.4, 0.5) is 0 Å². The lowest BCUT2D eigenvalue weighted by Crippen LogP contribution is -2.11. The zero-order chi connectivity index (χ0) is 13.0. The van der Waals surface area contributed by atoms with E-state index in [1.54, 1.807) is 37.6 Å². The second-order valence-electron chi connectivity index (χ2n) is 3.47. The fourth-order valence-electron chi connectivity index (χ4n) is 1.47. The Balaban J connectivity index is 2.37. The quantitative estimate of drug-likeness (QED) is 0.856. The molecule has 2 rings (SSSR count). The number of aromatic nitrogens is 1. The number of nitrogens with zero attached hydrogens (tertiary/aromatic N) is 1. The SMILES string of the molecule is COc1ccccc1Oc1ncccc1C(N)=S. The molecule has 92 valence electrons. The van der Waals surface area contributed by atoms with Gasteiger partial charge in [0.15, 0.2) is 11.5 Å². The average Bonchev–Trinajstić information content (AvgIpc) is 2.40. The fourth-order valence-corrected chi connectivity index (χ4v) is 1.62. The first-order valence-corrected chi connectivity index (χ1v) is 5.69. The maximum absolute atomic E-state index is 5.69. The summed E-state index contributed by atoms with van der Waals surface area (Å²) in [4.78, 5) is 4.37. The predicted octanol–water partition coefficient (Wildman–Crippen LogP) is 2.52. The van der Waals surface area contributed by atoms with Gasteiger partial charge in [-0.05, 0) is 24.3 Å². The summed E-state index contributed by atoms with van der Waals surface area (Å²) in [6.45, 7) is 0. The van der Waals surface area contributed by atoms with Gasteiger partial charge >= 0.3 is 0 Å². The number of para-hydroxylation sites is 2. The molecule has 1 heterocycles. The third-order valence-corrected chi connectivity index (χ3v) is 2.53. The topological polar surface area (TPSA) is 57.4 Å². The molecule has 2 N–H and O–H groups in total. The van der Waals surface area contributed by atoms with E-state index < -0.39 is 0 Å². The van der Waals surface area contributed by atoms with Crippen LogP contribution in [0.1, 0.15) is 5.56 Å². The summed E-state index contributed by atoms with van der Waals surface area (Å²) in [5.41, 5.74) is 6.21. The average molecular weight is 260 g/mol. The van der Waals surface area contributed by atoms with Crippen molar-refractivity contribution in [2.75, 3.05) is 7.11 Å². The monoisotopic (exact) mass is 260 g/mol. The molecule has 2 aromatic rings. The molecule has 0 saturated carbocycles. The second kappa shape index (κ2) is 5.46. The summed E-state index contributed by atoms with van der Waals surface area (Å²) in [7, 11) is 1.58. The molecular formula is C13H12N2O2S. The molecule has 4 nitrogen and oxygen atoms in total. The summed E-state index contributed by atoms with van der Waals surface area (Å²) in [5.74, 6) is 1.56. The van der Waals surface area contributed by atoms with E-state index in [1.807, 2.05) is 12.1 Å². The summed E-state index contributed by atoms with van der Waals surface area (Å²) in [6, 6.07) is 10.8. The van der Waals surface area contributed by atoms with Crippen LogP contribution in [0.15, 0.2) is 42.6 Å². The molecular weight excluding hydrogens is 248 g/mol. The van der Waals surface area contributed by atoms with Crippen molar-refractivity contribution in [1.82, 2.24) is 4.98 Å². The minimum atomic E-state index is 0.244. The summed E-state index contributed by atoms with van der Waals surface area (Å²) in [6.07, 6.45) is 1.62. The number of pyridine rings is 1. The van der Waals surface area contributed by atoms with Crippen LogP contribution in [0.2, 0.25) is 0 Å². The number of rotatable bonds is 4. The predicted molar refractivity (Wildman–Crippen MR) is 73.2 cm³/mol. The van der Waals surface area contributed by atoms with Crippen molar-refractivity contribution in [1.29, 1.82) is 0 Å². The van der Waals surface area contributed by atoms with Crippen molar-refractivity contribution < 1.29 is 9.47 Å². The van der Waals surface area contributed by atoms with E-state index in [2.05, 4.69) is 4.98 Å². The molecule has 0 aliphatic heterocycles. The lowest BCUT2D eigenvalue weighted by molar-refractivity contribution is 0.374. The third-order valence-electron chi connectivity index (χ3n) is 2.31. The summed E-state index contributed by atoms with van der Waals surface area (Å²) < 4.78 is 10.9. The number of hydrogen-bond donors (Lipinski definition) is 1. The van der Waals surface area contributed by atoms with Gasteiger partial charge in [0, 0.05) is 6.20 Å². The highest BCUT2D eigenvalue weighted by Gasteiger charge is 2.10. The Morgan fingerprint density at radius 2 is 1.89 bits per heavy atom. The van der Waals surface area contributed by atoms with Gasteiger partial charge < -0.3 is 15.2 Å². The molecule has 0 spiro atoms. The Morgan fingerprint density at radius 1 is 1.17 bits per heavy atom. The van der Waals surface area contributed by atoms with Gasteiger partial charge in [0.1, 0.15) is 4.99 Å². The molecule has 5 heteroatoms. The molecule has 1 aromatic heterocycles. The van der Waals surface area contributed by atoms with Crippen molar-refractivity contribution >= 4 is 17.2 Å². The minimum Gasteiger partial charge on any atom is -0.493 e. The molecule has 1 aromatic carbocycles. The van der Waals surface area contributed by atoms with Gasteiger partial charge in [-0.2, -0.15) is 0 Å². The molecule has 0 amide bonds. The Bertz CT molecular complexity index is 572. The number of methoxy groups -OCH3 is 1. The Labute approximate surface area is 110 Å². The Kier molecular flexibility index (Phi) is 3.74. The molecule has 0 aliphatic rings. The van der Waals surface area contributed by atoms with E-state index in [9.17, 15) is 0 Å². The van der Waals surface area contributed by atoms with Gasteiger partial charge in [-0.15, -0.1) is 0 Å². The van der Waals surface area contributed by atoms with Gasteiger partial charge in [-0.3, -0.25) is 0 Å². The lowest BCUT2D eigenvalue weighted by Gasteiger charge is -2.11. The van der Waals surface area contributed by atoms with Crippen LogP contribution in [0.3, 0.4) is 0 Å². The number of ether oxygens (including phenoxy) is 2. The van der Waals surface area contributed by atoms with E-state index in [0.29, 0.717) is 22.9 Å². The van der Waals surface area contributed by atoms with Gasteiger partial charge in [-0.25, -0.2) is 4.98 Å². The van der Waals surface area contributed by atoms with Crippen molar-refractivity contribution in [3.8, 4) is 17.4 Å². The first kappa shape index (κ1) is 12.3. The molecule has 0 radical (unpaired) electrons. The maximum Gasteiger partial charge on any atom is 0.229 e. The number of hydrogen-bond acceptors (Lipinski definition) is 4. The summed E-state index contributed by atoms with van der Waals surface area (Å²) in [5, 5.41) is 0. The summed E-state index contributed by atoms with van der Waals surface area (Å²) >= 11 is 4.95. The van der Waals surface area contributed by atoms with Crippen molar-refractivity contribution in [3.05, 3.63) is 48.2 Å². The molecule has 0 saturated heterocycles. The largest absolute Gasteiger partial charge is 0.493 e. The number of thiocarbonyl (C=S) groups is 1. The molecule has 0 bridgehead atoms. The fraction of sp³-hybridized carbons (Fsp3) is 0.0769. The zero-order valence-electron chi connectivity index (χ0n) is 9.79. The zero-order valence-corrected chi connectivity index (χ0v) is 10.6. The highest BCUT2D eigenvalue weighted by atomic mass is 32.1. The van der Waals surface area contributed by atoms with E-state index in [0.717, 1.165) is 0 Å². The number of benzene rings is 1. The molecule has 0 atom stereocenters. The van der Waals surface area contributed by atoms with Crippen LogP contribution >= 0.6 is 12.2 Å². The molecule has 0 unspecified atom stereocenters. The third kappa shape index (κ3) is 2.57. The van der Waals surface area contributed by atoms with Gasteiger partial charge in [0.2, 0.25) is 5.88 Å². The van der Waals surface area contributed by atoms with Crippen LogP contribution in [-0.4, -0.2) is 17.1 Å². The second-order valence-corrected chi connectivity index (χ2v) is 3.91. The van der Waals surface area contributed by atoms with Gasteiger partial charge in [0.05, 0.1) is 12.7 Å². The standard InChI is InChI=1S/C13H12N2O2S/c1-16-10-6-2-3-7-11(10)17-13-9(12(14)18)5-4-8-15-13/h2-8H,1H3,(H2,14,18). The maximum atomic E-state index is 5.69. The molecule has 0 fully saturated rings. The van der Waals surface area contributed by atoms with E-state index in [1.165, 1.54) is 0 Å². The normalized spacial score (nSPS) is 9.83. The minimum absolute atomic E-state index is 0.244. The van der Waals surface area contributed by atoms with Crippen LogP contribution in [0, 0.1) is 0 Å². The Hall–Kier alpha value is -2.14. The first-order valence-electron chi connectivity index (χ1n) is 5.28. The Morgan fingerprint density at radius 3 is 2.56 bits per heavy atom. The van der Waals surface area contributed by atoms with Crippen LogP contribution < -0.4 is 15.2 Å². The highest BCUT2D eigenvalue weighted by molar-refractivity contribution is 7.80. The van der Waals surface area contributed by atoms with Gasteiger partial charge in [-0.1, -0.05) is 24.4 Å². The van der Waals surface area contributed by atoms with E-state index in [-0.39, 0.29) is 4.99 Å². The smallest absolute Gasteiger partial charge is 0.229 e. The number of nitrogens with two attached hydrogens (primary N) is 1. The van der Waals surface area contributed by atoms with E-state index >= 15 is 0 Å². The van der Waals surface area contributed by atoms with Crippen LogP contribution in [0.25, 0.3) is 0 Å². The van der Waals surface area contributed by atoms with Crippen molar-refractivity contribution in [3.63, 3.8) is 0 Å². The molecule has 0 aliphatic carbocycles. The highest BCUT2D eigenvalue weighted by Crippen LogP contribution is 2.31. The van der Waals surface area contributed by atoms with Crippen molar-refractivity contribution in [2.45, 2.75) is 0 Å². The lowest BCUT2D eigenvalue weighted by atomic mass is 10.2. The first-order chi connectivity index (χ1) is 8.72. The van der Waals surface area contributed by atoms with E-state index in [4.69, 9.17) is 27.4 Å². The van der Waals surface area contributed by atoms with Crippen LogP contribution in [-0.2, 0) is 0 Å². The van der Waals surface area contributed by atoms with Crippen LogP contribution in [0.5, 0.6) is 17.4 Å². The van der Waals surface area contributed by atoms with Crippen molar-refractivity contribution in [2.24, 2.45) is 5.73 Å². The molecule has 18 heavy (non-hydrogen) atoms. The van der Waals surface area contributed by atoms with Gasteiger partial charge in [0.25, 0.3) is 0 Å².